The molecule has 0 heterocycles. The predicted molar refractivity (Wildman–Crippen MR) is 78.8 cm³/mol. The monoisotopic (exact) mass is 280 g/mol. The van der Waals surface area contributed by atoms with Crippen molar-refractivity contribution in [2.75, 3.05) is 33.9 Å². The summed E-state index contributed by atoms with van der Waals surface area (Å²) >= 11 is 0. The minimum Gasteiger partial charge on any atom is -0.494 e. The second-order valence-electron chi connectivity index (χ2n) is 4.44. The number of carbonyl (C=O) groups is 1. The first-order valence-electron chi connectivity index (χ1n) is 6.88. The molecular formula is C15H24N2O3. The van der Waals surface area contributed by atoms with Crippen molar-refractivity contribution in [3.05, 3.63) is 29.8 Å². The van der Waals surface area contributed by atoms with Crippen LogP contribution in [0, 0.1) is 0 Å². The smallest absolute Gasteiger partial charge is 0.219 e. The van der Waals surface area contributed by atoms with E-state index in [0.717, 1.165) is 25.3 Å². The third-order valence-corrected chi connectivity index (χ3v) is 2.83. The highest BCUT2D eigenvalue weighted by Crippen LogP contribution is 2.12. The lowest BCUT2D eigenvalue weighted by Gasteiger charge is -2.08. The molecule has 0 aliphatic rings. The van der Waals surface area contributed by atoms with E-state index in [1.165, 1.54) is 5.56 Å². The molecule has 0 aliphatic heterocycles. The lowest BCUT2D eigenvalue weighted by molar-refractivity contribution is -0.120. The third kappa shape index (κ3) is 7.11. The third-order valence-electron chi connectivity index (χ3n) is 2.83. The SMILES string of the molecule is CNC(=O)CCCOc1ccc(CNCCOC)cc1. The zero-order chi connectivity index (χ0) is 14.6. The summed E-state index contributed by atoms with van der Waals surface area (Å²) in [5.41, 5.74) is 1.21. The molecule has 0 radical (unpaired) electrons. The average Bonchev–Trinajstić information content (AvgIpc) is 2.49. The van der Waals surface area contributed by atoms with E-state index in [9.17, 15) is 4.79 Å². The molecule has 112 valence electrons. The standard InChI is InChI=1S/C15H24N2O3/c1-16-15(18)4-3-10-20-14-7-5-13(6-8-14)12-17-9-11-19-2/h5-8,17H,3-4,9-12H2,1-2H3,(H,16,18). The van der Waals surface area contributed by atoms with Gasteiger partial charge in [0, 0.05) is 33.7 Å². The van der Waals surface area contributed by atoms with Gasteiger partial charge in [-0.15, -0.1) is 0 Å². The van der Waals surface area contributed by atoms with Gasteiger partial charge in [0.1, 0.15) is 5.75 Å². The molecule has 5 heteroatoms. The Bertz CT molecular complexity index is 379. The molecule has 20 heavy (non-hydrogen) atoms. The van der Waals surface area contributed by atoms with Crippen LogP contribution in [0.2, 0.25) is 0 Å². The van der Waals surface area contributed by atoms with Gasteiger partial charge in [0.25, 0.3) is 0 Å². The van der Waals surface area contributed by atoms with Gasteiger partial charge in [-0.3, -0.25) is 4.79 Å². The fraction of sp³-hybridized carbons (Fsp3) is 0.533. The molecule has 0 atom stereocenters. The molecule has 0 unspecified atom stereocenters. The highest BCUT2D eigenvalue weighted by atomic mass is 16.5. The van der Waals surface area contributed by atoms with E-state index < -0.39 is 0 Å². The molecule has 1 aromatic carbocycles. The molecule has 0 saturated carbocycles. The van der Waals surface area contributed by atoms with Crippen LogP contribution in [-0.2, 0) is 16.1 Å². The predicted octanol–water partition coefficient (Wildman–Crippen LogP) is 1.33. The van der Waals surface area contributed by atoms with E-state index in [-0.39, 0.29) is 5.91 Å². The Morgan fingerprint density at radius 2 is 1.95 bits per heavy atom. The maximum atomic E-state index is 11.0. The Balaban J connectivity index is 2.19. The van der Waals surface area contributed by atoms with Gasteiger partial charge in [0.2, 0.25) is 5.91 Å². The van der Waals surface area contributed by atoms with E-state index in [1.807, 2.05) is 24.3 Å². The molecule has 0 saturated heterocycles. The summed E-state index contributed by atoms with van der Waals surface area (Å²) < 4.78 is 10.5. The van der Waals surface area contributed by atoms with Crippen LogP contribution in [0.1, 0.15) is 18.4 Å². The molecule has 0 fully saturated rings. The van der Waals surface area contributed by atoms with Crippen LogP contribution in [-0.4, -0.2) is 39.8 Å². The van der Waals surface area contributed by atoms with Gasteiger partial charge in [-0.25, -0.2) is 0 Å². The van der Waals surface area contributed by atoms with Crippen molar-refractivity contribution in [3.63, 3.8) is 0 Å². The fourth-order valence-corrected chi connectivity index (χ4v) is 1.66. The van der Waals surface area contributed by atoms with E-state index in [0.29, 0.717) is 19.6 Å². The number of rotatable bonds is 10. The molecule has 0 bridgehead atoms. The minimum atomic E-state index is 0.0473. The van der Waals surface area contributed by atoms with Crippen LogP contribution in [0.3, 0.4) is 0 Å². The van der Waals surface area contributed by atoms with Crippen molar-refractivity contribution in [3.8, 4) is 5.75 Å². The molecule has 5 nitrogen and oxygen atoms in total. The quantitative estimate of drug-likeness (QED) is 0.635. The molecular weight excluding hydrogens is 256 g/mol. The van der Waals surface area contributed by atoms with Gasteiger partial charge in [0.05, 0.1) is 13.2 Å². The zero-order valence-corrected chi connectivity index (χ0v) is 12.3. The molecule has 1 rings (SSSR count). The van der Waals surface area contributed by atoms with E-state index >= 15 is 0 Å². The van der Waals surface area contributed by atoms with Crippen LogP contribution in [0.25, 0.3) is 0 Å². The van der Waals surface area contributed by atoms with Gasteiger partial charge in [-0.2, -0.15) is 0 Å². The molecule has 0 aliphatic carbocycles. The van der Waals surface area contributed by atoms with Crippen molar-refractivity contribution in [1.82, 2.24) is 10.6 Å². The Kier molecular flexibility index (Phi) is 8.42. The summed E-state index contributed by atoms with van der Waals surface area (Å²) in [6.07, 6.45) is 1.22. The number of hydrogen-bond donors (Lipinski definition) is 2. The maximum absolute atomic E-state index is 11.0. The highest BCUT2D eigenvalue weighted by Gasteiger charge is 1.99. The second kappa shape index (κ2) is 10.2. The van der Waals surface area contributed by atoms with Gasteiger partial charge < -0.3 is 20.1 Å². The van der Waals surface area contributed by atoms with Gasteiger partial charge in [-0.1, -0.05) is 12.1 Å². The number of carbonyl (C=O) groups excluding carboxylic acids is 1. The largest absolute Gasteiger partial charge is 0.494 e. The Labute approximate surface area is 120 Å². The first kappa shape index (κ1) is 16.5. The van der Waals surface area contributed by atoms with Gasteiger partial charge in [-0.05, 0) is 24.1 Å². The normalized spacial score (nSPS) is 10.3. The van der Waals surface area contributed by atoms with Crippen LogP contribution in [0.4, 0.5) is 0 Å². The van der Waals surface area contributed by atoms with E-state index in [1.54, 1.807) is 14.2 Å². The van der Waals surface area contributed by atoms with Crippen LogP contribution < -0.4 is 15.4 Å². The van der Waals surface area contributed by atoms with Crippen molar-refractivity contribution in [2.45, 2.75) is 19.4 Å². The Morgan fingerprint density at radius 3 is 2.60 bits per heavy atom. The highest BCUT2D eigenvalue weighted by molar-refractivity contribution is 5.75. The molecule has 2 N–H and O–H groups in total. The van der Waals surface area contributed by atoms with Crippen LogP contribution >= 0.6 is 0 Å². The molecule has 0 aromatic heterocycles. The summed E-state index contributed by atoms with van der Waals surface area (Å²) in [4.78, 5) is 11.0. The minimum absolute atomic E-state index is 0.0473. The number of hydrogen-bond acceptors (Lipinski definition) is 4. The van der Waals surface area contributed by atoms with Crippen molar-refractivity contribution >= 4 is 5.91 Å². The van der Waals surface area contributed by atoms with Crippen molar-refractivity contribution in [1.29, 1.82) is 0 Å². The molecule has 0 spiro atoms. The van der Waals surface area contributed by atoms with Crippen LogP contribution in [0.5, 0.6) is 5.75 Å². The number of ether oxygens (including phenoxy) is 2. The summed E-state index contributed by atoms with van der Waals surface area (Å²) in [6, 6.07) is 7.97. The number of nitrogens with one attached hydrogen (secondary N) is 2. The zero-order valence-electron chi connectivity index (χ0n) is 12.3. The Hall–Kier alpha value is -1.59. The fourth-order valence-electron chi connectivity index (χ4n) is 1.66. The summed E-state index contributed by atoms with van der Waals surface area (Å²) in [5.74, 6) is 0.883. The second-order valence-corrected chi connectivity index (χ2v) is 4.44. The first-order valence-corrected chi connectivity index (χ1v) is 6.88. The lowest BCUT2D eigenvalue weighted by atomic mass is 10.2. The van der Waals surface area contributed by atoms with E-state index in [4.69, 9.17) is 9.47 Å². The van der Waals surface area contributed by atoms with E-state index in [2.05, 4.69) is 10.6 Å². The first-order chi connectivity index (χ1) is 9.76. The molecule has 1 amide bonds. The topological polar surface area (TPSA) is 59.6 Å². The van der Waals surface area contributed by atoms with Crippen LogP contribution in [0.15, 0.2) is 24.3 Å². The number of benzene rings is 1. The number of amides is 1. The number of methoxy groups -OCH3 is 1. The maximum Gasteiger partial charge on any atom is 0.219 e. The summed E-state index contributed by atoms with van der Waals surface area (Å²) in [5, 5.41) is 5.87. The lowest BCUT2D eigenvalue weighted by Crippen LogP contribution is -2.18. The van der Waals surface area contributed by atoms with Gasteiger partial charge >= 0.3 is 0 Å². The molecule has 1 aromatic rings. The van der Waals surface area contributed by atoms with Gasteiger partial charge in [0.15, 0.2) is 0 Å². The summed E-state index contributed by atoms with van der Waals surface area (Å²) in [6.45, 7) is 2.93. The van der Waals surface area contributed by atoms with Crippen molar-refractivity contribution in [2.24, 2.45) is 0 Å². The summed E-state index contributed by atoms with van der Waals surface area (Å²) in [7, 11) is 3.33. The van der Waals surface area contributed by atoms with Crippen molar-refractivity contribution < 1.29 is 14.3 Å². The average molecular weight is 280 g/mol. The Morgan fingerprint density at radius 1 is 1.20 bits per heavy atom.